The number of ether oxygens (including phenoxy) is 3. The van der Waals surface area contributed by atoms with Gasteiger partial charge in [-0.05, 0) is 36.2 Å². The zero-order chi connectivity index (χ0) is 19.9. The number of hydrogen-bond acceptors (Lipinski definition) is 6. The van der Waals surface area contributed by atoms with Gasteiger partial charge in [0.15, 0.2) is 0 Å². The van der Waals surface area contributed by atoms with Crippen molar-refractivity contribution in [2.75, 3.05) is 26.1 Å². The Kier molecular flexibility index (Phi) is 6.37. The second-order valence-corrected chi connectivity index (χ2v) is 6.50. The first-order chi connectivity index (χ1) is 13.6. The van der Waals surface area contributed by atoms with E-state index in [-0.39, 0.29) is 11.9 Å². The Morgan fingerprint density at radius 1 is 1.14 bits per heavy atom. The van der Waals surface area contributed by atoms with E-state index < -0.39 is 6.09 Å². The minimum atomic E-state index is -0.525. The summed E-state index contributed by atoms with van der Waals surface area (Å²) in [4.78, 5) is 23.7. The predicted octanol–water partition coefficient (Wildman–Crippen LogP) is 3.45. The lowest BCUT2D eigenvalue weighted by atomic mass is 9.95. The van der Waals surface area contributed by atoms with E-state index in [1.54, 1.807) is 13.2 Å². The number of benzene rings is 2. The topological polar surface area (TPSA) is 85.9 Å². The average Bonchev–Trinajstić information content (AvgIpc) is 3.15. The van der Waals surface area contributed by atoms with E-state index in [4.69, 9.17) is 14.2 Å². The van der Waals surface area contributed by atoms with Crippen LogP contribution in [0.4, 0.5) is 10.5 Å². The van der Waals surface area contributed by atoms with Crippen molar-refractivity contribution in [2.24, 2.45) is 0 Å². The second-order valence-electron chi connectivity index (χ2n) is 6.50. The molecule has 0 saturated heterocycles. The standard InChI is InChI=1S/C21H24N2O5/c1-26-16-9-6-14(7-10-16)12-23-21(25)28-18-5-3-4-17-20(18)15(13-22-17)8-11-19(24)27-2/h3-7,9-10,15,22H,8,11-13H2,1-2H3,(H,23,25). The zero-order valence-corrected chi connectivity index (χ0v) is 16.0. The number of fused-ring (bicyclic) bond motifs is 1. The van der Waals surface area contributed by atoms with Gasteiger partial charge in [-0.3, -0.25) is 4.79 Å². The molecule has 0 radical (unpaired) electrons. The highest BCUT2D eigenvalue weighted by Crippen LogP contribution is 2.40. The van der Waals surface area contributed by atoms with Crippen molar-refractivity contribution >= 4 is 17.7 Å². The first-order valence-corrected chi connectivity index (χ1v) is 9.13. The molecule has 2 N–H and O–H groups in total. The Bertz CT molecular complexity index is 835. The molecule has 0 fully saturated rings. The third-order valence-corrected chi connectivity index (χ3v) is 4.74. The molecule has 7 heteroatoms. The fourth-order valence-electron chi connectivity index (χ4n) is 3.24. The molecule has 1 aliphatic heterocycles. The van der Waals surface area contributed by atoms with Crippen molar-refractivity contribution in [3.63, 3.8) is 0 Å². The summed E-state index contributed by atoms with van der Waals surface area (Å²) in [5.41, 5.74) is 2.79. The van der Waals surface area contributed by atoms with Crippen molar-refractivity contribution in [1.82, 2.24) is 5.32 Å². The minimum Gasteiger partial charge on any atom is -0.497 e. The molecule has 2 aromatic carbocycles. The molecule has 1 atom stereocenters. The van der Waals surface area contributed by atoms with Crippen LogP contribution in [0.15, 0.2) is 42.5 Å². The van der Waals surface area contributed by atoms with Crippen LogP contribution in [-0.4, -0.2) is 32.8 Å². The van der Waals surface area contributed by atoms with Crippen LogP contribution in [0, 0.1) is 0 Å². The van der Waals surface area contributed by atoms with Crippen molar-refractivity contribution in [2.45, 2.75) is 25.3 Å². The molecule has 148 valence electrons. The number of nitrogens with one attached hydrogen (secondary N) is 2. The molecule has 3 rings (SSSR count). The van der Waals surface area contributed by atoms with Crippen LogP contribution in [-0.2, 0) is 16.1 Å². The van der Waals surface area contributed by atoms with Crippen LogP contribution in [0.1, 0.15) is 29.9 Å². The van der Waals surface area contributed by atoms with Gasteiger partial charge in [-0.25, -0.2) is 4.79 Å². The van der Waals surface area contributed by atoms with E-state index in [2.05, 4.69) is 10.6 Å². The Hall–Kier alpha value is -3.22. The van der Waals surface area contributed by atoms with E-state index >= 15 is 0 Å². The van der Waals surface area contributed by atoms with E-state index in [1.165, 1.54) is 7.11 Å². The van der Waals surface area contributed by atoms with E-state index in [0.29, 0.717) is 31.7 Å². The smallest absolute Gasteiger partial charge is 0.412 e. The molecular weight excluding hydrogens is 360 g/mol. The first-order valence-electron chi connectivity index (χ1n) is 9.13. The van der Waals surface area contributed by atoms with Gasteiger partial charge in [-0.1, -0.05) is 18.2 Å². The first kappa shape index (κ1) is 19.5. The molecule has 7 nitrogen and oxygen atoms in total. The third kappa shape index (κ3) is 4.73. The monoisotopic (exact) mass is 384 g/mol. The van der Waals surface area contributed by atoms with E-state index in [9.17, 15) is 9.59 Å². The quantitative estimate of drug-likeness (QED) is 0.711. The molecule has 0 spiro atoms. The molecular formula is C21H24N2O5. The highest BCUT2D eigenvalue weighted by atomic mass is 16.6. The van der Waals surface area contributed by atoms with Crippen molar-refractivity contribution in [3.05, 3.63) is 53.6 Å². The average molecular weight is 384 g/mol. The van der Waals surface area contributed by atoms with E-state index in [0.717, 1.165) is 22.6 Å². The summed E-state index contributed by atoms with van der Waals surface area (Å²) in [6, 6.07) is 13.0. The summed E-state index contributed by atoms with van der Waals surface area (Å²) in [7, 11) is 2.99. The largest absolute Gasteiger partial charge is 0.497 e. The fraction of sp³-hybridized carbons (Fsp3) is 0.333. The zero-order valence-electron chi connectivity index (χ0n) is 16.0. The molecule has 0 bridgehead atoms. The lowest BCUT2D eigenvalue weighted by molar-refractivity contribution is -0.140. The molecule has 0 saturated carbocycles. The van der Waals surface area contributed by atoms with Gasteiger partial charge in [0, 0.05) is 36.7 Å². The summed E-state index contributed by atoms with van der Waals surface area (Å²) in [6.45, 7) is 1.04. The molecule has 2 aromatic rings. The molecule has 1 aliphatic rings. The van der Waals surface area contributed by atoms with Crippen LogP contribution < -0.4 is 20.1 Å². The van der Waals surface area contributed by atoms with Gasteiger partial charge in [0.1, 0.15) is 11.5 Å². The number of methoxy groups -OCH3 is 2. The normalized spacial score (nSPS) is 14.6. The summed E-state index contributed by atoms with van der Waals surface area (Å²) in [6.07, 6.45) is 0.420. The minimum absolute atomic E-state index is 0.0830. The molecule has 1 unspecified atom stereocenters. The van der Waals surface area contributed by atoms with E-state index in [1.807, 2.05) is 36.4 Å². The molecule has 0 aromatic heterocycles. The van der Waals surface area contributed by atoms with Gasteiger partial charge in [-0.2, -0.15) is 0 Å². The van der Waals surface area contributed by atoms with Crippen LogP contribution >= 0.6 is 0 Å². The van der Waals surface area contributed by atoms with Gasteiger partial charge in [0.25, 0.3) is 0 Å². The SMILES string of the molecule is COC(=O)CCC1CNc2cccc(OC(=O)NCc3ccc(OC)cc3)c21. The third-order valence-electron chi connectivity index (χ3n) is 4.74. The van der Waals surface area contributed by atoms with Gasteiger partial charge in [-0.15, -0.1) is 0 Å². The van der Waals surface area contributed by atoms with Gasteiger partial charge in [0.2, 0.25) is 0 Å². The fourth-order valence-corrected chi connectivity index (χ4v) is 3.24. The predicted molar refractivity (Wildman–Crippen MR) is 105 cm³/mol. The number of carbonyl (C=O) groups excluding carboxylic acids is 2. The maximum atomic E-state index is 12.3. The number of anilines is 1. The Balaban J connectivity index is 1.61. The van der Waals surface area contributed by atoms with Crippen LogP contribution in [0.5, 0.6) is 11.5 Å². The van der Waals surface area contributed by atoms with Crippen molar-refractivity contribution < 1.29 is 23.8 Å². The van der Waals surface area contributed by atoms with Crippen LogP contribution in [0.2, 0.25) is 0 Å². The maximum absolute atomic E-state index is 12.3. The Morgan fingerprint density at radius 2 is 1.93 bits per heavy atom. The maximum Gasteiger partial charge on any atom is 0.412 e. The lowest BCUT2D eigenvalue weighted by Gasteiger charge is -2.14. The summed E-state index contributed by atoms with van der Waals surface area (Å²) >= 11 is 0. The van der Waals surface area contributed by atoms with Gasteiger partial charge < -0.3 is 24.8 Å². The molecule has 0 aliphatic carbocycles. The van der Waals surface area contributed by atoms with Crippen molar-refractivity contribution in [3.8, 4) is 11.5 Å². The number of rotatable bonds is 7. The highest BCUT2D eigenvalue weighted by Gasteiger charge is 2.27. The molecule has 1 amide bonds. The van der Waals surface area contributed by atoms with Crippen molar-refractivity contribution in [1.29, 1.82) is 0 Å². The number of amides is 1. The van der Waals surface area contributed by atoms with Gasteiger partial charge >= 0.3 is 12.1 Å². The second kappa shape index (κ2) is 9.12. The van der Waals surface area contributed by atoms with Gasteiger partial charge in [0.05, 0.1) is 14.2 Å². The highest BCUT2D eigenvalue weighted by molar-refractivity contribution is 5.74. The number of carbonyl (C=O) groups is 2. The number of esters is 1. The Morgan fingerprint density at radius 3 is 2.64 bits per heavy atom. The summed E-state index contributed by atoms with van der Waals surface area (Å²) in [5.74, 6) is 1.10. The summed E-state index contributed by atoms with van der Waals surface area (Å²) in [5, 5.41) is 6.05. The molecule has 1 heterocycles. The number of hydrogen-bond donors (Lipinski definition) is 2. The van der Waals surface area contributed by atoms with Crippen LogP contribution in [0.3, 0.4) is 0 Å². The van der Waals surface area contributed by atoms with Crippen LogP contribution in [0.25, 0.3) is 0 Å². The Labute approximate surface area is 164 Å². The summed E-state index contributed by atoms with van der Waals surface area (Å²) < 4.78 is 15.4. The lowest BCUT2D eigenvalue weighted by Crippen LogP contribution is -2.26. The molecule has 28 heavy (non-hydrogen) atoms.